The van der Waals surface area contributed by atoms with Crippen LogP contribution in [0.3, 0.4) is 0 Å². The number of carbonyl (C=O) groups excluding carboxylic acids is 1. The number of benzene rings is 3. The fourth-order valence-electron chi connectivity index (χ4n) is 3.27. The van der Waals surface area contributed by atoms with Gasteiger partial charge in [-0.2, -0.15) is 0 Å². The maximum atomic E-state index is 12.8. The fraction of sp³-hybridized carbons (Fsp3) is 0.208. The van der Waals surface area contributed by atoms with E-state index in [0.717, 1.165) is 22.3 Å². The van der Waals surface area contributed by atoms with Gasteiger partial charge in [-0.25, -0.2) is 0 Å². The first-order valence-electron chi connectivity index (χ1n) is 9.00. The standard InChI is InChI=1S/C24H25NO/c1-17-13-14-18(2)21(15-17)16-23(26)25-24(20-10-5-4-6-11-20)22-12-8-7-9-19(22)3/h4-15,24H,16H2,1-3H3,(H,25,26)/t24-/m1/s1. The second-order valence-electron chi connectivity index (χ2n) is 6.87. The fourth-order valence-corrected chi connectivity index (χ4v) is 3.27. The molecule has 0 heterocycles. The molecule has 0 aliphatic carbocycles. The molecule has 0 aromatic heterocycles. The van der Waals surface area contributed by atoms with E-state index in [1.165, 1.54) is 11.1 Å². The number of rotatable bonds is 5. The molecule has 0 saturated carbocycles. The van der Waals surface area contributed by atoms with Crippen LogP contribution in [0.5, 0.6) is 0 Å². The van der Waals surface area contributed by atoms with E-state index in [1.54, 1.807) is 0 Å². The highest BCUT2D eigenvalue weighted by Crippen LogP contribution is 2.25. The molecule has 1 N–H and O–H groups in total. The van der Waals surface area contributed by atoms with Gasteiger partial charge in [0.05, 0.1) is 12.5 Å². The van der Waals surface area contributed by atoms with Crippen LogP contribution in [0.25, 0.3) is 0 Å². The second-order valence-corrected chi connectivity index (χ2v) is 6.87. The summed E-state index contributed by atoms with van der Waals surface area (Å²) in [6.45, 7) is 6.20. The zero-order valence-electron chi connectivity index (χ0n) is 15.6. The van der Waals surface area contributed by atoms with Crippen molar-refractivity contribution in [2.75, 3.05) is 0 Å². The van der Waals surface area contributed by atoms with Crippen LogP contribution < -0.4 is 5.32 Å². The molecule has 1 atom stereocenters. The lowest BCUT2D eigenvalue weighted by Gasteiger charge is -2.22. The summed E-state index contributed by atoms with van der Waals surface area (Å²) >= 11 is 0. The number of carbonyl (C=O) groups is 1. The van der Waals surface area contributed by atoms with Crippen molar-refractivity contribution in [3.63, 3.8) is 0 Å². The van der Waals surface area contributed by atoms with Crippen molar-refractivity contribution in [1.29, 1.82) is 0 Å². The SMILES string of the molecule is Cc1ccc(C)c(CC(=O)N[C@H](c2ccccc2)c2ccccc2C)c1. The van der Waals surface area contributed by atoms with Crippen molar-refractivity contribution in [2.24, 2.45) is 0 Å². The average molecular weight is 343 g/mol. The first-order chi connectivity index (χ1) is 12.5. The molecule has 0 spiro atoms. The smallest absolute Gasteiger partial charge is 0.225 e. The Balaban J connectivity index is 1.87. The highest BCUT2D eigenvalue weighted by atomic mass is 16.1. The molecule has 2 nitrogen and oxygen atoms in total. The molecule has 0 fully saturated rings. The molecule has 0 unspecified atom stereocenters. The van der Waals surface area contributed by atoms with E-state index in [0.29, 0.717) is 6.42 Å². The summed E-state index contributed by atoms with van der Waals surface area (Å²) in [6.07, 6.45) is 0.392. The molecule has 3 rings (SSSR count). The van der Waals surface area contributed by atoms with Gasteiger partial charge in [0.2, 0.25) is 5.91 Å². The van der Waals surface area contributed by atoms with Gasteiger partial charge in [-0.1, -0.05) is 78.4 Å². The molecule has 0 saturated heterocycles. The molecule has 26 heavy (non-hydrogen) atoms. The second kappa shape index (κ2) is 8.01. The number of hydrogen-bond acceptors (Lipinski definition) is 1. The zero-order valence-corrected chi connectivity index (χ0v) is 15.6. The molecule has 0 radical (unpaired) electrons. The van der Waals surface area contributed by atoms with Gasteiger partial charge in [0.15, 0.2) is 0 Å². The minimum atomic E-state index is -0.144. The quantitative estimate of drug-likeness (QED) is 0.689. The van der Waals surface area contributed by atoms with E-state index in [2.05, 4.69) is 68.6 Å². The van der Waals surface area contributed by atoms with E-state index in [4.69, 9.17) is 0 Å². The Morgan fingerprint density at radius 2 is 1.54 bits per heavy atom. The molecular weight excluding hydrogens is 318 g/mol. The van der Waals surface area contributed by atoms with Crippen molar-refractivity contribution in [3.05, 3.63) is 106 Å². The highest BCUT2D eigenvalue weighted by molar-refractivity contribution is 5.80. The van der Waals surface area contributed by atoms with Gasteiger partial charge < -0.3 is 5.32 Å². The van der Waals surface area contributed by atoms with Crippen molar-refractivity contribution in [3.8, 4) is 0 Å². The monoisotopic (exact) mass is 343 g/mol. The van der Waals surface area contributed by atoms with Crippen LogP contribution in [0.2, 0.25) is 0 Å². The van der Waals surface area contributed by atoms with Crippen LogP contribution in [-0.2, 0) is 11.2 Å². The van der Waals surface area contributed by atoms with Gasteiger partial charge in [-0.15, -0.1) is 0 Å². The molecule has 2 heteroatoms. The molecule has 0 aliphatic rings. The third kappa shape index (κ3) is 4.20. The predicted molar refractivity (Wildman–Crippen MR) is 107 cm³/mol. The summed E-state index contributed by atoms with van der Waals surface area (Å²) in [5.74, 6) is 0.0378. The Morgan fingerprint density at radius 1 is 0.846 bits per heavy atom. The number of nitrogens with one attached hydrogen (secondary N) is 1. The molecule has 0 aliphatic heterocycles. The highest BCUT2D eigenvalue weighted by Gasteiger charge is 2.18. The molecule has 132 valence electrons. The van der Waals surface area contributed by atoms with Crippen molar-refractivity contribution in [1.82, 2.24) is 5.32 Å². The van der Waals surface area contributed by atoms with Crippen molar-refractivity contribution in [2.45, 2.75) is 33.2 Å². The molecular formula is C24H25NO. The van der Waals surface area contributed by atoms with Crippen molar-refractivity contribution >= 4 is 5.91 Å². The van der Waals surface area contributed by atoms with Crippen LogP contribution >= 0.6 is 0 Å². The van der Waals surface area contributed by atoms with E-state index in [1.807, 2.05) is 30.3 Å². The van der Waals surface area contributed by atoms with E-state index >= 15 is 0 Å². The summed E-state index contributed by atoms with van der Waals surface area (Å²) in [5, 5.41) is 3.25. The maximum Gasteiger partial charge on any atom is 0.225 e. The van der Waals surface area contributed by atoms with Crippen LogP contribution in [0.4, 0.5) is 0 Å². The Labute approximate surface area is 155 Å². The van der Waals surface area contributed by atoms with Gasteiger partial charge in [0.25, 0.3) is 0 Å². The summed E-state index contributed by atoms with van der Waals surface area (Å²) < 4.78 is 0. The predicted octanol–water partition coefficient (Wildman–Crippen LogP) is 5.06. The molecule has 3 aromatic rings. The van der Waals surface area contributed by atoms with E-state index in [9.17, 15) is 4.79 Å². The average Bonchev–Trinajstić information content (AvgIpc) is 2.64. The summed E-state index contributed by atoms with van der Waals surface area (Å²) in [5.41, 5.74) is 6.81. The van der Waals surface area contributed by atoms with Gasteiger partial charge in [-0.05, 0) is 48.6 Å². The van der Waals surface area contributed by atoms with Crippen LogP contribution in [-0.4, -0.2) is 5.91 Å². The summed E-state index contributed by atoms with van der Waals surface area (Å²) in [6, 6.07) is 24.5. The molecule has 1 amide bonds. The zero-order chi connectivity index (χ0) is 18.5. The topological polar surface area (TPSA) is 29.1 Å². The van der Waals surface area contributed by atoms with Crippen molar-refractivity contribution < 1.29 is 4.79 Å². The first kappa shape index (κ1) is 17.9. The molecule has 0 bridgehead atoms. The Kier molecular flexibility index (Phi) is 5.52. The molecule has 3 aromatic carbocycles. The van der Waals surface area contributed by atoms with Gasteiger partial charge in [0.1, 0.15) is 0 Å². The Bertz CT molecular complexity index is 899. The largest absolute Gasteiger partial charge is 0.345 e. The van der Waals surface area contributed by atoms with Gasteiger partial charge in [-0.3, -0.25) is 4.79 Å². The lowest BCUT2D eigenvalue weighted by atomic mass is 9.94. The lowest BCUT2D eigenvalue weighted by Crippen LogP contribution is -2.31. The first-order valence-corrected chi connectivity index (χ1v) is 9.00. The van der Waals surface area contributed by atoms with Gasteiger partial charge in [0, 0.05) is 0 Å². The maximum absolute atomic E-state index is 12.8. The normalized spacial score (nSPS) is 11.8. The van der Waals surface area contributed by atoms with Gasteiger partial charge >= 0.3 is 0 Å². The van der Waals surface area contributed by atoms with E-state index in [-0.39, 0.29) is 11.9 Å². The van der Waals surface area contributed by atoms with Crippen LogP contribution in [0.1, 0.15) is 39.4 Å². The number of amides is 1. The van der Waals surface area contributed by atoms with Crippen LogP contribution in [0, 0.1) is 20.8 Å². The minimum absolute atomic E-state index is 0.0378. The lowest BCUT2D eigenvalue weighted by molar-refractivity contribution is -0.120. The van der Waals surface area contributed by atoms with Crippen LogP contribution in [0.15, 0.2) is 72.8 Å². The Morgan fingerprint density at radius 3 is 2.27 bits per heavy atom. The van der Waals surface area contributed by atoms with E-state index < -0.39 is 0 Å². The Hall–Kier alpha value is -2.87. The number of hydrogen-bond donors (Lipinski definition) is 1. The minimum Gasteiger partial charge on any atom is -0.345 e. The summed E-state index contributed by atoms with van der Waals surface area (Å²) in [4.78, 5) is 12.8. The summed E-state index contributed by atoms with van der Waals surface area (Å²) in [7, 11) is 0. The third-order valence-corrected chi connectivity index (χ3v) is 4.79. The number of aryl methyl sites for hydroxylation is 3. The third-order valence-electron chi connectivity index (χ3n) is 4.79.